The van der Waals surface area contributed by atoms with Crippen LogP contribution in [-0.4, -0.2) is 40.7 Å². The average molecular weight is 408 g/mol. The smallest absolute Gasteiger partial charge is 0.329 e. The monoisotopic (exact) mass is 408 g/mol. The summed E-state index contributed by atoms with van der Waals surface area (Å²) in [6.45, 7) is 6.99. The Morgan fingerprint density at radius 1 is 0.867 bits per heavy atom. The molecule has 1 aliphatic heterocycles. The number of nitrogens with one attached hydrogen (secondary N) is 1. The van der Waals surface area contributed by atoms with Crippen molar-refractivity contribution >= 4 is 29.4 Å². The minimum Gasteiger partial charge on any atom is -0.451 e. The molecule has 0 unspecified atom stereocenters. The van der Waals surface area contributed by atoms with E-state index in [1.807, 2.05) is 12.1 Å². The summed E-state index contributed by atoms with van der Waals surface area (Å²) in [5, 5.41) is 2.69. The van der Waals surface area contributed by atoms with E-state index < -0.39 is 35.8 Å². The van der Waals surface area contributed by atoms with Crippen molar-refractivity contribution < 1.29 is 23.9 Å². The standard InChI is InChI=1S/C23H24N2O5/c1-13(2)16-9-11-17(12-10-16)24-20(26)15(4)30-23(29)14(3)25-21(27)18-7-5-6-8-19(18)22(25)28/h5-15H,1-4H3,(H,24,26)/t14-,15-/m1/s1. The number of carbonyl (C=O) groups is 4. The first kappa shape index (κ1) is 21.2. The quantitative estimate of drug-likeness (QED) is 0.584. The third kappa shape index (κ3) is 4.10. The zero-order valence-corrected chi connectivity index (χ0v) is 17.3. The van der Waals surface area contributed by atoms with E-state index in [0.717, 1.165) is 10.5 Å². The van der Waals surface area contributed by atoms with Crippen molar-refractivity contribution in [3.8, 4) is 0 Å². The van der Waals surface area contributed by atoms with Gasteiger partial charge in [-0.1, -0.05) is 38.1 Å². The molecule has 7 heteroatoms. The first-order valence-electron chi connectivity index (χ1n) is 9.79. The van der Waals surface area contributed by atoms with Gasteiger partial charge in [0.25, 0.3) is 17.7 Å². The number of anilines is 1. The van der Waals surface area contributed by atoms with Crippen molar-refractivity contribution in [1.29, 1.82) is 0 Å². The summed E-state index contributed by atoms with van der Waals surface area (Å²) in [6.07, 6.45) is -1.10. The Kier molecular flexibility index (Phi) is 6.01. The van der Waals surface area contributed by atoms with Crippen molar-refractivity contribution in [3.05, 3.63) is 65.2 Å². The lowest BCUT2D eigenvalue weighted by Gasteiger charge is -2.22. The van der Waals surface area contributed by atoms with Crippen LogP contribution in [0.3, 0.4) is 0 Å². The first-order chi connectivity index (χ1) is 14.2. The Labute approximate surface area is 175 Å². The van der Waals surface area contributed by atoms with Gasteiger partial charge in [-0.15, -0.1) is 0 Å². The number of hydrogen-bond donors (Lipinski definition) is 1. The molecule has 1 heterocycles. The number of amides is 3. The molecule has 0 fully saturated rings. The highest BCUT2D eigenvalue weighted by Gasteiger charge is 2.41. The molecule has 156 valence electrons. The van der Waals surface area contributed by atoms with E-state index in [2.05, 4.69) is 19.2 Å². The highest BCUT2D eigenvalue weighted by atomic mass is 16.5. The van der Waals surface area contributed by atoms with Crippen molar-refractivity contribution in [2.75, 3.05) is 5.32 Å². The van der Waals surface area contributed by atoms with E-state index >= 15 is 0 Å². The van der Waals surface area contributed by atoms with Gasteiger partial charge in [0.05, 0.1) is 11.1 Å². The van der Waals surface area contributed by atoms with Crippen LogP contribution in [0.4, 0.5) is 5.69 Å². The number of esters is 1. The molecule has 0 spiro atoms. The molecule has 0 saturated heterocycles. The van der Waals surface area contributed by atoms with E-state index in [9.17, 15) is 19.2 Å². The lowest BCUT2D eigenvalue weighted by molar-refractivity contribution is -0.156. The van der Waals surface area contributed by atoms with Crippen molar-refractivity contribution in [2.24, 2.45) is 0 Å². The highest BCUT2D eigenvalue weighted by molar-refractivity contribution is 6.22. The molecule has 0 radical (unpaired) electrons. The Bertz CT molecular complexity index is 962. The fourth-order valence-electron chi connectivity index (χ4n) is 3.19. The van der Waals surface area contributed by atoms with Crippen LogP contribution in [0.15, 0.2) is 48.5 Å². The number of ether oxygens (including phenoxy) is 1. The van der Waals surface area contributed by atoms with Crippen molar-refractivity contribution in [1.82, 2.24) is 4.90 Å². The normalized spacial score (nSPS) is 15.0. The van der Waals surface area contributed by atoms with Gasteiger partial charge in [-0.2, -0.15) is 0 Å². The highest BCUT2D eigenvalue weighted by Crippen LogP contribution is 2.25. The third-order valence-electron chi connectivity index (χ3n) is 5.06. The fourth-order valence-corrected chi connectivity index (χ4v) is 3.19. The number of carbonyl (C=O) groups excluding carboxylic acids is 4. The summed E-state index contributed by atoms with van der Waals surface area (Å²) >= 11 is 0. The minimum atomic E-state index is -1.15. The Morgan fingerprint density at radius 2 is 1.40 bits per heavy atom. The summed E-state index contributed by atoms with van der Waals surface area (Å²) < 4.78 is 5.22. The second-order valence-electron chi connectivity index (χ2n) is 7.55. The average Bonchev–Trinajstić information content (AvgIpc) is 2.98. The van der Waals surface area contributed by atoms with Crippen LogP contribution in [-0.2, 0) is 14.3 Å². The molecule has 3 rings (SSSR count). The van der Waals surface area contributed by atoms with E-state index in [-0.39, 0.29) is 11.1 Å². The second-order valence-corrected chi connectivity index (χ2v) is 7.55. The molecule has 0 aliphatic carbocycles. The number of benzene rings is 2. The largest absolute Gasteiger partial charge is 0.451 e. The van der Waals surface area contributed by atoms with Crippen molar-refractivity contribution in [3.63, 3.8) is 0 Å². The predicted octanol–water partition coefficient (Wildman–Crippen LogP) is 3.36. The van der Waals surface area contributed by atoms with Crippen LogP contribution < -0.4 is 5.32 Å². The number of fused-ring (bicyclic) bond motifs is 1. The molecule has 30 heavy (non-hydrogen) atoms. The molecule has 0 bridgehead atoms. The number of imide groups is 1. The third-order valence-corrected chi connectivity index (χ3v) is 5.06. The molecule has 2 aromatic carbocycles. The molecule has 0 aromatic heterocycles. The predicted molar refractivity (Wildman–Crippen MR) is 111 cm³/mol. The molecule has 0 saturated carbocycles. The lowest BCUT2D eigenvalue weighted by atomic mass is 10.0. The summed E-state index contributed by atoms with van der Waals surface area (Å²) in [5.41, 5.74) is 2.22. The van der Waals surface area contributed by atoms with E-state index in [0.29, 0.717) is 11.6 Å². The maximum atomic E-state index is 12.5. The van der Waals surface area contributed by atoms with Crippen LogP contribution in [0.5, 0.6) is 0 Å². The number of rotatable bonds is 6. The van der Waals surface area contributed by atoms with Crippen LogP contribution in [0, 0.1) is 0 Å². The van der Waals surface area contributed by atoms with Gasteiger partial charge in [0.15, 0.2) is 6.10 Å². The molecular weight excluding hydrogens is 384 g/mol. The van der Waals surface area contributed by atoms with Gasteiger partial charge in [-0.05, 0) is 49.6 Å². The maximum absolute atomic E-state index is 12.5. The molecule has 3 amide bonds. The van der Waals surface area contributed by atoms with Gasteiger partial charge in [-0.3, -0.25) is 19.3 Å². The molecule has 2 atom stereocenters. The Morgan fingerprint density at radius 3 is 1.90 bits per heavy atom. The summed E-state index contributed by atoms with van der Waals surface area (Å²) in [4.78, 5) is 50.8. The molecule has 7 nitrogen and oxygen atoms in total. The van der Waals surface area contributed by atoms with Gasteiger partial charge < -0.3 is 10.1 Å². The van der Waals surface area contributed by atoms with Crippen LogP contribution in [0.2, 0.25) is 0 Å². The van der Waals surface area contributed by atoms with Gasteiger partial charge in [0, 0.05) is 5.69 Å². The van der Waals surface area contributed by atoms with Gasteiger partial charge in [0.2, 0.25) is 0 Å². The topological polar surface area (TPSA) is 92.8 Å². The van der Waals surface area contributed by atoms with Gasteiger partial charge in [0.1, 0.15) is 6.04 Å². The second kappa shape index (κ2) is 8.49. The minimum absolute atomic E-state index is 0.248. The summed E-state index contributed by atoms with van der Waals surface area (Å²) in [7, 11) is 0. The molecule has 1 aliphatic rings. The van der Waals surface area contributed by atoms with Crippen LogP contribution in [0.1, 0.15) is 59.9 Å². The zero-order valence-electron chi connectivity index (χ0n) is 17.3. The molecular formula is C23H24N2O5. The van der Waals surface area contributed by atoms with Gasteiger partial charge in [-0.25, -0.2) is 4.79 Å². The lowest BCUT2D eigenvalue weighted by Crippen LogP contribution is -2.45. The zero-order chi connectivity index (χ0) is 22.0. The molecule has 2 aromatic rings. The van der Waals surface area contributed by atoms with Gasteiger partial charge >= 0.3 is 5.97 Å². The summed E-state index contributed by atoms with van der Waals surface area (Å²) in [6, 6.07) is 12.6. The Balaban J connectivity index is 1.61. The van der Waals surface area contributed by atoms with E-state index in [4.69, 9.17) is 4.74 Å². The van der Waals surface area contributed by atoms with Crippen molar-refractivity contribution in [2.45, 2.75) is 45.8 Å². The first-order valence-corrected chi connectivity index (χ1v) is 9.79. The Hall–Kier alpha value is -3.48. The van der Waals surface area contributed by atoms with Crippen LogP contribution >= 0.6 is 0 Å². The number of nitrogens with zero attached hydrogens (tertiary/aromatic N) is 1. The number of hydrogen-bond acceptors (Lipinski definition) is 5. The summed E-state index contributed by atoms with van der Waals surface area (Å²) in [5.74, 6) is -2.07. The fraction of sp³-hybridized carbons (Fsp3) is 0.304. The molecule has 1 N–H and O–H groups in total. The van der Waals surface area contributed by atoms with E-state index in [1.165, 1.54) is 26.0 Å². The maximum Gasteiger partial charge on any atom is 0.329 e. The van der Waals surface area contributed by atoms with Crippen LogP contribution in [0.25, 0.3) is 0 Å². The SMILES string of the molecule is CC(C)c1ccc(NC(=O)[C@@H](C)OC(=O)[C@@H](C)N2C(=O)c3ccccc3C2=O)cc1. The van der Waals surface area contributed by atoms with E-state index in [1.54, 1.807) is 24.3 Å².